The van der Waals surface area contributed by atoms with Crippen LogP contribution < -0.4 is 0 Å². The Morgan fingerprint density at radius 3 is 2.22 bits per heavy atom. The molecule has 0 aromatic heterocycles. The van der Waals surface area contributed by atoms with Gasteiger partial charge in [-0.25, -0.2) is 0 Å². The lowest BCUT2D eigenvalue weighted by Crippen LogP contribution is -1.96. The normalized spacial score (nSPS) is 12.4. The molecule has 0 fully saturated rings. The van der Waals surface area contributed by atoms with Gasteiger partial charge in [0.05, 0.1) is 5.38 Å². The number of aryl methyl sites for hydroxylation is 2. The van der Waals surface area contributed by atoms with E-state index in [4.69, 9.17) is 11.6 Å². The van der Waals surface area contributed by atoms with E-state index in [0.29, 0.717) is 0 Å². The maximum Gasteiger partial charge on any atom is 0.0838 e. The van der Waals surface area contributed by atoms with Gasteiger partial charge in [0.2, 0.25) is 0 Å². The Kier molecular flexibility index (Phi) is 4.36. The molecule has 0 bridgehead atoms. The highest BCUT2D eigenvalue weighted by Gasteiger charge is 2.12. The summed E-state index contributed by atoms with van der Waals surface area (Å²) in [6.45, 7) is 4.22. The van der Waals surface area contributed by atoms with Crippen molar-refractivity contribution in [1.82, 2.24) is 0 Å². The minimum Gasteiger partial charge on any atom is -0.130 e. The first-order valence-electron chi connectivity index (χ1n) is 5.97. The van der Waals surface area contributed by atoms with Crippen LogP contribution in [-0.4, -0.2) is 6.26 Å². The molecule has 0 nitrogen and oxygen atoms in total. The van der Waals surface area contributed by atoms with Gasteiger partial charge in [0, 0.05) is 4.90 Å². The number of hydrogen-bond donors (Lipinski definition) is 0. The van der Waals surface area contributed by atoms with Crippen LogP contribution in [-0.2, 0) is 0 Å². The van der Waals surface area contributed by atoms with E-state index in [2.05, 4.69) is 62.6 Å². The zero-order valence-electron chi connectivity index (χ0n) is 10.9. The quantitative estimate of drug-likeness (QED) is 0.538. The van der Waals surface area contributed by atoms with Crippen LogP contribution in [0.1, 0.15) is 27.6 Å². The third-order valence-corrected chi connectivity index (χ3v) is 4.34. The molecule has 0 spiro atoms. The molecule has 2 aromatic carbocycles. The fourth-order valence-corrected chi connectivity index (χ4v) is 2.86. The van der Waals surface area contributed by atoms with E-state index in [1.54, 1.807) is 11.8 Å². The molecule has 0 aliphatic carbocycles. The van der Waals surface area contributed by atoms with Crippen molar-refractivity contribution in [2.24, 2.45) is 0 Å². The van der Waals surface area contributed by atoms with Crippen LogP contribution in [0.25, 0.3) is 0 Å². The smallest absolute Gasteiger partial charge is 0.0838 e. The van der Waals surface area contributed by atoms with Gasteiger partial charge in [0.25, 0.3) is 0 Å². The van der Waals surface area contributed by atoms with Gasteiger partial charge in [-0.15, -0.1) is 23.4 Å². The molecule has 0 saturated heterocycles. The van der Waals surface area contributed by atoms with E-state index in [0.717, 1.165) is 5.56 Å². The standard InChI is InChI=1S/C16H17ClS/c1-11-4-9-15(12(2)10-11)16(17)13-5-7-14(18-3)8-6-13/h4-10,16H,1-3H3. The predicted molar refractivity (Wildman–Crippen MR) is 81.8 cm³/mol. The van der Waals surface area contributed by atoms with E-state index in [-0.39, 0.29) is 5.38 Å². The zero-order valence-corrected chi connectivity index (χ0v) is 12.5. The Bertz CT molecular complexity index is 531. The third kappa shape index (κ3) is 2.90. The summed E-state index contributed by atoms with van der Waals surface area (Å²) in [5.41, 5.74) is 4.88. The minimum absolute atomic E-state index is 0.0680. The Hall–Kier alpha value is -0.920. The van der Waals surface area contributed by atoms with Gasteiger partial charge in [-0.3, -0.25) is 0 Å². The molecule has 2 rings (SSSR count). The first-order valence-corrected chi connectivity index (χ1v) is 7.63. The molecular formula is C16H17ClS. The topological polar surface area (TPSA) is 0 Å². The molecule has 1 unspecified atom stereocenters. The fraction of sp³-hybridized carbons (Fsp3) is 0.250. The van der Waals surface area contributed by atoms with Crippen molar-refractivity contribution in [3.8, 4) is 0 Å². The molecule has 94 valence electrons. The Morgan fingerprint density at radius 2 is 1.67 bits per heavy atom. The van der Waals surface area contributed by atoms with Crippen LogP contribution in [0.5, 0.6) is 0 Å². The second-order valence-corrected chi connectivity index (χ2v) is 5.81. The summed E-state index contributed by atoms with van der Waals surface area (Å²) in [5.74, 6) is 0. The Labute approximate surface area is 118 Å². The van der Waals surface area contributed by atoms with Crippen molar-refractivity contribution < 1.29 is 0 Å². The highest BCUT2D eigenvalue weighted by atomic mass is 35.5. The monoisotopic (exact) mass is 276 g/mol. The number of alkyl halides is 1. The van der Waals surface area contributed by atoms with Crippen LogP contribution >= 0.6 is 23.4 Å². The van der Waals surface area contributed by atoms with Gasteiger partial charge in [0.1, 0.15) is 0 Å². The van der Waals surface area contributed by atoms with Gasteiger partial charge >= 0.3 is 0 Å². The van der Waals surface area contributed by atoms with Gasteiger partial charge in [-0.05, 0) is 48.9 Å². The first-order chi connectivity index (χ1) is 8.61. The van der Waals surface area contributed by atoms with Gasteiger partial charge < -0.3 is 0 Å². The van der Waals surface area contributed by atoms with Crippen LogP contribution in [0.4, 0.5) is 0 Å². The predicted octanol–water partition coefficient (Wildman–Crippen LogP) is 5.35. The SMILES string of the molecule is CSc1ccc(C(Cl)c2ccc(C)cc2C)cc1. The lowest BCUT2D eigenvalue weighted by Gasteiger charge is -2.14. The first kappa shape index (κ1) is 13.5. The molecule has 0 aliphatic rings. The summed E-state index contributed by atoms with van der Waals surface area (Å²) in [7, 11) is 0. The number of halogens is 1. The van der Waals surface area contributed by atoms with Gasteiger partial charge in [-0.1, -0.05) is 35.9 Å². The van der Waals surface area contributed by atoms with Crippen LogP contribution in [0, 0.1) is 13.8 Å². The van der Waals surface area contributed by atoms with Crippen molar-refractivity contribution in [3.63, 3.8) is 0 Å². The molecule has 18 heavy (non-hydrogen) atoms. The van der Waals surface area contributed by atoms with E-state index >= 15 is 0 Å². The lowest BCUT2D eigenvalue weighted by molar-refractivity contribution is 1.10. The molecule has 0 radical (unpaired) electrons. The fourth-order valence-electron chi connectivity index (χ4n) is 2.06. The highest BCUT2D eigenvalue weighted by Crippen LogP contribution is 2.32. The summed E-state index contributed by atoms with van der Waals surface area (Å²) in [5, 5.41) is -0.0680. The van der Waals surface area contributed by atoms with Gasteiger partial charge in [0.15, 0.2) is 0 Å². The Balaban J connectivity index is 2.31. The maximum atomic E-state index is 6.58. The molecule has 2 heteroatoms. The van der Waals surface area contributed by atoms with E-state index in [1.807, 2.05) is 0 Å². The third-order valence-electron chi connectivity index (χ3n) is 3.11. The molecule has 0 aliphatic heterocycles. The number of hydrogen-bond acceptors (Lipinski definition) is 1. The van der Waals surface area contributed by atoms with Crippen LogP contribution in [0.3, 0.4) is 0 Å². The van der Waals surface area contributed by atoms with Crippen molar-refractivity contribution in [1.29, 1.82) is 0 Å². The van der Waals surface area contributed by atoms with E-state index in [1.165, 1.54) is 21.6 Å². The number of thioether (sulfide) groups is 1. The molecule has 2 aromatic rings. The summed E-state index contributed by atoms with van der Waals surface area (Å²) < 4.78 is 0. The van der Waals surface area contributed by atoms with Crippen LogP contribution in [0.2, 0.25) is 0 Å². The van der Waals surface area contributed by atoms with Crippen molar-refractivity contribution in [2.45, 2.75) is 24.1 Å². The molecule has 0 amide bonds. The van der Waals surface area contributed by atoms with E-state index in [9.17, 15) is 0 Å². The average Bonchev–Trinajstić information content (AvgIpc) is 2.38. The summed E-state index contributed by atoms with van der Waals surface area (Å²) in [4.78, 5) is 1.27. The zero-order chi connectivity index (χ0) is 13.1. The number of rotatable bonds is 3. The molecule has 1 atom stereocenters. The summed E-state index contributed by atoms with van der Waals surface area (Å²) >= 11 is 8.33. The molecule has 0 heterocycles. The van der Waals surface area contributed by atoms with Crippen molar-refractivity contribution in [3.05, 3.63) is 64.7 Å². The Morgan fingerprint density at radius 1 is 1.00 bits per heavy atom. The van der Waals surface area contributed by atoms with Crippen molar-refractivity contribution in [2.75, 3.05) is 6.26 Å². The second-order valence-electron chi connectivity index (χ2n) is 4.50. The van der Waals surface area contributed by atoms with Gasteiger partial charge in [-0.2, -0.15) is 0 Å². The summed E-state index contributed by atoms with van der Waals surface area (Å²) in [6.07, 6.45) is 2.08. The minimum atomic E-state index is -0.0680. The molecule has 0 saturated carbocycles. The summed E-state index contributed by atoms with van der Waals surface area (Å²) in [6, 6.07) is 14.9. The maximum absolute atomic E-state index is 6.58. The van der Waals surface area contributed by atoms with E-state index < -0.39 is 0 Å². The molecule has 0 N–H and O–H groups in total. The van der Waals surface area contributed by atoms with Crippen LogP contribution in [0.15, 0.2) is 47.4 Å². The average molecular weight is 277 g/mol. The van der Waals surface area contributed by atoms with Crippen molar-refractivity contribution >= 4 is 23.4 Å². The number of benzene rings is 2. The highest BCUT2D eigenvalue weighted by molar-refractivity contribution is 7.98. The lowest BCUT2D eigenvalue weighted by atomic mass is 9.98. The second kappa shape index (κ2) is 5.81. The molecular weight excluding hydrogens is 260 g/mol. The largest absolute Gasteiger partial charge is 0.130 e.